The first-order valence-electron chi connectivity index (χ1n) is 5.75. The fourth-order valence-corrected chi connectivity index (χ4v) is 2.01. The first-order valence-corrected chi connectivity index (χ1v) is 6.98. The molecular formula is C15H13FO2S. The van der Waals surface area contributed by atoms with E-state index in [0.29, 0.717) is 0 Å². The molecule has 0 saturated heterocycles. The Morgan fingerprint density at radius 2 is 1.95 bits per heavy atom. The van der Waals surface area contributed by atoms with E-state index in [1.165, 1.54) is 23.9 Å². The summed E-state index contributed by atoms with van der Waals surface area (Å²) in [5, 5.41) is 0. The predicted octanol–water partition coefficient (Wildman–Crippen LogP) is 3.90. The summed E-state index contributed by atoms with van der Waals surface area (Å²) < 4.78 is 18.8. The van der Waals surface area contributed by atoms with Crippen LogP contribution in [-0.4, -0.2) is 12.2 Å². The number of hydrogen-bond donors (Lipinski definition) is 0. The van der Waals surface area contributed by atoms with Crippen molar-refractivity contribution in [1.82, 2.24) is 0 Å². The summed E-state index contributed by atoms with van der Waals surface area (Å²) in [7, 11) is 0. The lowest BCUT2D eigenvalue weighted by molar-refractivity contribution is 0.0467. The fourth-order valence-electron chi connectivity index (χ4n) is 1.59. The second-order valence-electron chi connectivity index (χ2n) is 3.91. The topological polar surface area (TPSA) is 26.3 Å². The van der Waals surface area contributed by atoms with Crippen molar-refractivity contribution in [3.63, 3.8) is 0 Å². The molecular weight excluding hydrogens is 263 g/mol. The van der Waals surface area contributed by atoms with Gasteiger partial charge in [0, 0.05) is 4.90 Å². The largest absolute Gasteiger partial charge is 0.457 e. The van der Waals surface area contributed by atoms with Crippen molar-refractivity contribution >= 4 is 17.7 Å². The molecule has 0 aliphatic rings. The number of esters is 1. The maximum atomic E-state index is 13.7. The Labute approximate surface area is 115 Å². The first-order chi connectivity index (χ1) is 9.20. The number of ether oxygens (including phenoxy) is 1. The van der Waals surface area contributed by atoms with E-state index in [1.54, 1.807) is 6.07 Å². The van der Waals surface area contributed by atoms with Crippen molar-refractivity contribution in [2.45, 2.75) is 11.5 Å². The van der Waals surface area contributed by atoms with Gasteiger partial charge in [-0.05, 0) is 30.0 Å². The van der Waals surface area contributed by atoms with Gasteiger partial charge in [-0.15, -0.1) is 11.8 Å². The number of benzene rings is 2. The highest BCUT2D eigenvalue weighted by Gasteiger charge is 2.13. The summed E-state index contributed by atoms with van der Waals surface area (Å²) in [5.74, 6) is -1.20. The highest BCUT2D eigenvalue weighted by Crippen LogP contribution is 2.19. The minimum atomic E-state index is -0.644. The third-order valence-corrected chi connectivity index (χ3v) is 3.33. The molecule has 2 rings (SSSR count). The second-order valence-corrected chi connectivity index (χ2v) is 4.79. The lowest BCUT2D eigenvalue weighted by Gasteiger charge is -2.06. The molecule has 0 unspecified atom stereocenters. The normalized spacial score (nSPS) is 10.2. The molecule has 0 heterocycles. The van der Waals surface area contributed by atoms with Gasteiger partial charge in [-0.2, -0.15) is 0 Å². The Balaban J connectivity index is 2.04. The molecule has 19 heavy (non-hydrogen) atoms. The van der Waals surface area contributed by atoms with Crippen LogP contribution < -0.4 is 0 Å². The summed E-state index contributed by atoms with van der Waals surface area (Å²) >= 11 is 1.42. The zero-order valence-electron chi connectivity index (χ0n) is 10.4. The van der Waals surface area contributed by atoms with E-state index >= 15 is 0 Å². The van der Waals surface area contributed by atoms with Gasteiger partial charge >= 0.3 is 5.97 Å². The lowest BCUT2D eigenvalue weighted by atomic mass is 10.2. The fraction of sp³-hybridized carbons (Fsp3) is 0.133. The van der Waals surface area contributed by atoms with Crippen LogP contribution in [0.15, 0.2) is 53.4 Å². The number of rotatable bonds is 4. The van der Waals surface area contributed by atoms with Gasteiger partial charge in [-0.3, -0.25) is 0 Å². The summed E-state index contributed by atoms with van der Waals surface area (Å²) in [6, 6.07) is 13.8. The average Bonchev–Trinajstić information content (AvgIpc) is 2.45. The van der Waals surface area contributed by atoms with E-state index in [0.717, 1.165) is 10.5 Å². The third-order valence-electron chi connectivity index (χ3n) is 2.61. The average molecular weight is 276 g/mol. The molecule has 0 atom stereocenters. The van der Waals surface area contributed by atoms with Crippen LogP contribution in [0.4, 0.5) is 4.39 Å². The third kappa shape index (κ3) is 3.58. The van der Waals surface area contributed by atoms with Crippen molar-refractivity contribution in [3.8, 4) is 0 Å². The zero-order chi connectivity index (χ0) is 13.7. The number of thioether (sulfide) groups is 1. The molecule has 0 radical (unpaired) electrons. The SMILES string of the molecule is CSc1ccc(C(=O)OCc2ccccc2)c(F)c1. The van der Waals surface area contributed by atoms with Crippen LogP contribution in [0.1, 0.15) is 15.9 Å². The minimum Gasteiger partial charge on any atom is -0.457 e. The smallest absolute Gasteiger partial charge is 0.341 e. The van der Waals surface area contributed by atoms with Crippen LogP contribution in [-0.2, 0) is 11.3 Å². The number of carbonyl (C=O) groups excluding carboxylic acids is 1. The van der Waals surface area contributed by atoms with Gasteiger partial charge < -0.3 is 4.74 Å². The number of halogens is 1. The maximum Gasteiger partial charge on any atom is 0.341 e. The zero-order valence-corrected chi connectivity index (χ0v) is 11.2. The van der Waals surface area contributed by atoms with Crippen molar-refractivity contribution in [2.24, 2.45) is 0 Å². The Bertz CT molecular complexity index is 570. The lowest BCUT2D eigenvalue weighted by Crippen LogP contribution is -2.07. The molecule has 0 saturated carbocycles. The molecule has 0 aliphatic carbocycles. The molecule has 0 fully saturated rings. The minimum absolute atomic E-state index is 0.0336. The Kier molecular flexibility index (Phi) is 4.58. The van der Waals surface area contributed by atoms with Gasteiger partial charge in [0.05, 0.1) is 5.56 Å². The van der Waals surface area contributed by atoms with Crippen molar-refractivity contribution in [3.05, 3.63) is 65.5 Å². The van der Waals surface area contributed by atoms with Gasteiger partial charge in [-0.25, -0.2) is 9.18 Å². The Morgan fingerprint density at radius 3 is 2.58 bits per heavy atom. The molecule has 0 N–H and O–H groups in total. The quantitative estimate of drug-likeness (QED) is 0.625. The van der Waals surface area contributed by atoms with Crippen molar-refractivity contribution in [2.75, 3.05) is 6.26 Å². The van der Waals surface area contributed by atoms with E-state index in [2.05, 4.69) is 0 Å². The summed E-state index contributed by atoms with van der Waals surface area (Å²) in [4.78, 5) is 12.5. The molecule has 2 aromatic rings. The molecule has 0 spiro atoms. The molecule has 0 amide bonds. The molecule has 98 valence electrons. The van der Waals surface area contributed by atoms with E-state index in [9.17, 15) is 9.18 Å². The van der Waals surface area contributed by atoms with E-state index in [1.807, 2.05) is 36.6 Å². The summed E-state index contributed by atoms with van der Waals surface area (Å²) in [6.07, 6.45) is 1.85. The molecule has 2 aromatic carbocycles. The van der Waals surface area contributed by atoms with Crippen LogP contribution in [0, 0.1) is 5.82 Å². The summed E-state index contributed by atoms with van der Waals surface area (Å²) in [6.45, 7) is 0.142. The van der Waals surface area contributed by atoms with E-state index in [4.69, 9.17) is 4.74 Å². The Hall–Kier alpha value is -1.81. The highest BCUT2D eigenvalue weighted by atomic mass is 32.2. The van der Waals surface area contributed by atoms with Crippen LogP contribution in [0.2, 0.25) is 0 Å². The van der Waals surface area contributed by atoms with Crippen LogP contribution in [0.3, 0.4) is 0 Å². The van der Waals surface area contributed by atoms with Gasteiger partial charge in [0.2, 0.25) is 0 Å². The molecule has 0 bridgehead atoms. The molecule has 2 nitrogen and oxygen atoms in total. The molecule has 0 aliphatic heterocycles. The van der Waals surface area contributed by atoms with Crippen LogP contribution in [0.25, 0.3) is 0 Å². The number of hydrogen-bond acceptors (Lipinski definition) is 3. The van der Waals surface area contributed by atoms with Crippen LogP contribution >= 0.6 is 11.8 Å². The van der Waals surface area contributed by atoms with Gasteiger partial charge in [-0.1, -0.05) is 30.3 Å². The van der Waals surface area contributed by atoms with Gasteiger partial charge in [0.25, 0.3) is 0 Å². The van der Waals surface area contributed by atoms with Gasteiger partial charge in [0.15, 0.2) is 0 Å². The van der Waals surface area contributed by atoms with Crippen molar-refractivity contribution < 1.29 is 13.9 Å². The molecule has 4 heteroatoms. The second kappa shape index (κ2) is 6.38. The summed E-state index contributed by atoms with van der Waals surface area (Å²) in [5.41, 5.74) is 0.839. The Morgan fingerprint density at radius 1 is 1.21 bits per heavy atom. The monoisotopic (exact) mass is 276 g/mol. The van der Waals surface area contributed by atoms with Gasteiger partial charge in [0.1, 0.15) is 12.4 Å². The highest BCUT2D eigenvalue weighted by molar-refractivity contribution is 7.98. The number of carbonyl (C=O) groups is 1. The first kappa shape index (κ1) is 13.6. The van der Waals surface area contributed by atoms with E-state index in [-0.39, 0.29) is 12.2 Å². The van der Waals surface area contributed by atoms with Crippen molar-refractivity contribution in [1.29, 1.82) is 0 Å². The predicted molar refractivity (Wildman–Crippen MR) is 73.7 cm³/mol. The standard InChI is InChI=1S/C15H13FO2S/c1-19-12-7-8-13(14(16)9-12)15(17)18-10-11-5-3-2-4-6-11/h2-9H,10H2,1H3. The van der Waals surface area contributed by atoms with E-state index < -0.39 is 11.8 Å². The van der Waals surface area contributed by atoms with Crippen LogP contribution in [0.5, 0.6) is 0 Å². The maximum absolute atomic E-state index is 13.7. The molecule has 0 aromatic heterocycles.